The van der Waals surface area contributed by atoms with Gasteiger partial charge in [-0.3, -0.25) is 4.79 Å². The van der Waals surface area contributed by atoms with Gasteiger partial charge < -0.3 is 10.4 Å². The molecule has 0 radical (unpaired) electrons. The van der Waals surface area contributed by atoms with Crippen LogP contribution >= 0.6 is 0 Å². The van der Waals surface area contributed by atoms with E-state index >= 15 is 0 Å². The molecule has 5 nitrogen and oxygen atoms in total. The number of hydrogen-bond donors (Lipinski definition) is 2. The van der Waals surface area contributed by atoms with Crippen LogP contribution in [0.5, 0.6) is 0 Å². The van der Waals surface area contributed by atoms with Crippen molar-refractivity contribution in [1.29, 1.82) is 0 Å². The first-order valence-corrected chi connectivity index (χ1v) is 5.63. The number of carbonyl (C=O) groups is 2. The lowest BCUT2D eigenvalue weighted by Gasteiger charge is -2.04. The van der Waals surface area contributed by atoms with Crippen LogP contribution in [0.3, 0.4) is 0 Å². The van der Waals surface area contributed by atoms with E-state index in [9.17, 15) is 9.59 Å². The Bertz CT molecular complexity index is 404. The Hall–Kier alpha value is -1.91. The molecule has 17 heavy (non-hydrogen) atoms. The number of carbonyl (C=O) groups excluding carboxylic acids is 1. The monoisotopic (exact) mass is 236 g/mol. The van der Waals surface area contributed by atoms with Crippen LogP contribution in [0, 0.1) is 0 Å². The molecule has 1 amide bonds. The fraction of sp³-hybridized carbons (Fsp3) is 0.417. The summed E-state index contributed by atoms with van der Waals surface area (Å²) in [5, 5.41) is 11.3. The van der Waals surface area contributed by atoms with Gasteiger partial charge in [-0.2, -0.15) is 0 Å². The summed E-state index contributed by atoms with van der Waals surface area (Å²) in [7, 11) is 0. The molecule has 0 unspecified atom stereocenters. The first-order valence-electron chi connectivity index (χ1n) is 5.63. The maximum absolute atomic E-state index is 11.5. The van der Waals surface area contributed by atoms with Gasteiger partial charge in [-0.05, 0) is 18.6 Å². The van der Waals surface area contributed by atoms with Gasteiger partial charge in [-0.15, -0.1) is 0 Å². The molecule has 1 rings (SSSR count). The predicted octanol–water partition coefficient (Wildman–Crippen LogP) is 2.30. The second-order valence-electron chi connectivity index (χ2n) is 3.72. The zero-order valence-electron chi connectivity index (χ0n) is 9.77. The van der Waals surface area contributed by atoms with Gasteiger partial charge in [0.15, 0.2) is 5.69 Å². The molecule has 0 fully saturated rings. The van der Waals surface area contributed by atoms with Crippen LogP contribution in [0.15, 0.2) is 18.2 Å². The number of aromatic carboxylic acids is 1. The van der Waals surface area contributed by atoms with Crippen molar-refractivity contribution in [2.45, 2.75) is 32.6 Å². The molecule has 0 spiro atoms. The van der Waals surface area contributed by atoms with Crippen molar-refractivity contribution in [3.05, 3.63) is 23.9 Å². The molecule has 0 saturated heterocycles. The minimum absolute atomic E-state index is 0.0728. The summed E-state index contributed by atoms with van der Waals surface area (Å²) in [6.07, 6.45) is 3.34. The summed E-state index contributed by atoms with van der Waals surface area (Å²) < 4.78 is 0. The molecule has 0 aliphatic carbocycles. The zero-order chi connectivity index (χ0) is 12.7. The van der Waals surface area contributed by atoms with Crippen LogP contribution in [0.4, 0.5) is 5.82 Å². The molecule has 0 aromatic carbocycles. The van der Waals surface area contributed by atoms with Gasteiger partial charge in [-0.25, -0.2) is 9.78 Å². The molecule has 92 valence electrons. The molecule has 0 aliphatic heterocycles. The van der Waals surface area contributed by atoms with Gasteiger partial charge in [0.05, 0.1) is 0 Å². The van der Waals surface area contributed by atoms with E-state index in [1.807, 2.05) is 0 Å². The summed E-state index contributed by atoms with van der Waals surface area (Å²) >= 11 is 0. The van der Waals surface area contributed by atoms with Gasteiger partial charge >= 0.3 is 5.97 Å². The lowest BCUT2D eigenvalue weighted by atomic mass is 10.2. The zero-order valence-corrected chi connectivity index (χ0v) is 9.77. The van der Waals surface area contributed by atoms with E-state index in [0.717, 1.165) is 19.3 Å². The normalized spacial score (nSPS) is 9.94. The predicted molar refractivity (Wildman–Crippen MR) is 64.0 cm³/mol. The first-order chi connectivity index (χ1) is 8.13. The highest BCUT2D eigenvalue weighted by atomic mass is 16.4. The number of hydrogen-bond acceptors (Lipinski definition) is 3. The molecule has 0 atom stereocenters. The first kappa shape index (κ1) is 13.2. The summed E-state index contributed by atoms with van der Waals surface area (Å²) in [4.78, 5) is 26.0. The quantitative estimate of drug-likeness (QED) is 0.743. The summed E-state index contributed by atoms with van der Waals surface area (Å²) in [6.45, 7) is 2.07. The standard InChI is InChI=1S/C12H16N2O3/c1-2-3-4-8-11(15)14-10-7-5-6-9(13-10)12(16)17/h5-7H,2-4,8H2,1H3,(H,16,17)(H,13,14,15). The Morgan fingerprint density at radius 2 is 2.12 bits per heavy atom. The smallest absolute Gasteiger partial charge is 0.354 e. The highest BCUT2D eigenvalue weighted by Crippen LogP contribution is 2.07. The van der Waals surface area contributed by atoms with E-state index in [-0.39, 0.29) is 17.4 Å². The maximum Gasteiger partial charge on any atom is 0.354 e. The van der Waals surface area contributed by atoms with Gasteiger partial charge in [-0.1, -0.05) is 25.8 Å². The van der Waals surface area contributed by atoms with Gasteiger partial charge in [0.1, 0.15) is 5.82 Å². The fourth-order valence-corrected chi connectivity index (χ4v) is 1.36. The van der Waals surface area contributed by atoms with E-state index in [4.69, 9.17) is 5.11 Å². The second-order valence-corrected chi connectivity index (χ2v) is 3.72. The molecular formula is C12H16N2O3. The van der Waals surface area contributed by atoms with Crippen molar-refractivity contribution < 1.29 is 14.7 Å². The van der Waals surface area contributed by atoms with Crippen molar-refractivity contribution in [3.8, 4) is 0 Å². The number of carboxylic acids is 1. The molecule has 2 N–H and O–H groups in total. The molecule has 1 aromatic rings. The van der Waals surface area contributed by atoms with Crippen molar-refractivity contribution in [2.24, 2.45) is 0 Å². The van der Waals surface area contributed by atoms with Gasteiger partial charge in [0.25, 0.3) is 0 Å². The highest BCUT2D eigenvalue weighted by molar-refractivity contribution is 5.91. The molecule has 1 heterocycles. The number of carboxylic acid groups (broad SMARTS) is 1. The van der Waals surface area contributed by atoms with Crippen LogP contribution in [-0.4, -0.2) is 22.0 Å². The van der Waals surface area contributed by atoms with Gasteiger partial charge in [0, 0.05) is 6.42 Å². The van der Waals surface area contributed by atoms with E-state index in [1.165, 1.54) is 6.07 Å². The number of anilines is 1. The minimum Gasteiger partial charge on any atom is -0.477 e. The van der Waals surface area contributed by atoms with Crippen LogP contribution in [0.25, 0.3) is 0 Å². The minimum atomic E-state index is -1.10. The summed E-state index contributed by atoms with van der Waals surface area (Å²) in [5.74, 6) is -0.952. The lowest BCUT2D eigenvalue weighted by Crippen LogP contribution is -2.13. The molecule has 0 aliphatic rings. The highest BCUT2D eigenvalue weighted by Gasteiger charge is 2.07. The third-order valence-corrected chi connectivity index (χ3v) is 2.24. The Morgan fingerprint density at radius 1 is 1.35 bits per heavy atom. The molecule has 5 heteroatoms. The second kappa shape index (κ2) is 6.62. The number of rotatable bonds is 6. The van der Waals surface area contributed by atoms with Crippen LogP contribution in [-0.2, 0) is 4.79 Å². The molecule has 0 bridgehead atoms. The molecular weight excluding hydrogens is 220 g/mol. The largest absolute Gasteiger partial charge is 0.477 e. The number of amides is 1. The number of nitrogens with one attached hydrogen (secondary N) is 1. The van der Waals surface area contributed by atoms with Crippen molar-refractivity contribution >= 4 is 17.7 Å². The third kappa shape index (κ3) is 4.63. The maximum atomic E-state index is 11.5. The summed E-state index contributed by atoms with van der Waals surface area (Å²) in [6, 6.07) is 4.51. The van der Waals surface area contributed by atoms with Gasteiger partial charge in [0.2, 0.25) is 5.91 Å². The molecule has 0 saturated carbocycles. The fourth-order valence-electron chi connectivity index (χ4n) is 1.36. The van der Waals surface area contributed by atoms with Crippen molar-refractivity contribution in [3.63, 3.8) is 0 Å². The Balaban J connectivity index is 2.53. The van der Waals surface area contributed by atoms with E-state index < -0.39 is 5.97 Å². The lowest BCUT2D eigenvalue weighted by molar-refractivity contribution is -0.116. The number of nitrogens with zero attached hydrogens (tertiary/aromatic N) is 1. The average molecular weight is 236 g/mol. The molecule has 1 aromatic heterocycles. The number of unbranched alkanes of at least 4 members (excludes halogenated alkanes) is 2. The summed E-state index contributed by atoms with van der Waals surface area (Å²) in [5.41, 5.74) is -0.0728. The number of pyridine rings is 1. The van der Waals surface area contributed by atoms with Crippen LogP contribution in [0.1, 0.15) is 43.1 Å². The Kier molecular flexibility index (Phi) is 5.13. The topological polar surface area (TPSA) is 79.3 Å². The van der Waals surface area contributed by atoms with Crippen LogP contribution in [0.2, 0.25) is 0 Å². The van der Waals surface area contributed by atoms with E-state index in [1.54, 1.807) is 12.1 Å². The number of aromatic nitrogens is 1. The van der Waals surface area contributed by atoms with E-state index in [2.05, 4.69) is 17.2 Å². The third-order valence-electron chi connectivity index (χ3n) is 2.24. The SMILES string of the molecule is CCCCCC(=O)Nc1cccc(C(=O)O)n1. The Morgan fingerprint density at radius 3 is 2.76 bits per heavy atom. The average Bonchev–Trinajstić information content (AvgIpc) is 2.29. The Labute approximate surface area is 99.9 Å². The van der Waals surface area contributed by atoms with Crippen molar-refractivity contribution in [2.75, 3.05) is 5.32 Å². The van der Waals surface area contributed by atoms with Crippen LogP contribution < -0.4 is 5.32 Å². The van der Waals surface area contributed by atoms with E-state index in [0.29, 0.717) is 6.42 Å². The van der Waals surface area contributed by atoms with Crippen molar-refractivity contribution in [1.82, 2.24) is 4.98 Å².